The van der Waals surface area contributed by atoms with Crippen LogP contribution in [0.25, 0.3) is 0 Å². The third-order valence-electron chi connectivity index (χ3n) is 2.17. The highest BCUT2D eigenvalue weighted by molar-refractivity contribution is 5.95. The number of carbonyl (C=O) groups excluding carboxylic acids is 1. The van der Waals surface area contributed by atoms with Crippen LogP contribution in [0.2, 0.25) is 0 Å². The van der Waals surface area contributed by atoms with Gasteiger partial charge in [0.15, 0.2) is 5.78 Å². The number of nitrogens with two attached hydrogens (primary N) is 1. The van der Waals surface area contributed by atoms with Gasteiger partial charge in [-0.25, -0.2) is 0 Å². The number of hydrogen-bond acceptors (Lipinski definition) is 2. The summed E-state index contributed by atoms with van der Waals surface area (Å²) >= 11 is 0. The Balaban J connectivity index is 2.74. The normalized spacial score (nSPS) is 18.6. The van der Waals surface area contributed by atoms with Crippen molar-refractivity contribution < 1.29 is 4.79 Å². The van der Waals surface area contributed by atoms with Gasteiger partial charge < -0.3 is 5.73 Å². The van der Waals surface area contributed by atoms with Crippen molar-refractivity contribution in [2.75, 3.05) is 0 Å². The molecule has 0 saturated heterocycles. The summed E-state index contributed by atoms with van der Waals surface area (Å²) in [6.07, 6.45) is 4.68. The van der Waals surface area contributed by atoms with Crippen molar-refractivity contribution in [2.45, 2.75) is 39.0 Å². The Kier molecular flexibility index (Phi) is 2.69. The van der Waals surface area contributed by atoms with Crippen LogP contribution in [0.1, 0.15) is 39.0 Å². The Labute approximate surface area is 67.5 Å². The molecule has 0 aliphatic heterocycles. The summed E-state index contributed by atoms with van der Waals surface area (Å²) in [5, 5.41) is 0. The Hall–Kier alpha value is -0.790. The molecule has 0 fully saturated rings. The van der Waals surface area contributed by atoms with Crippen molar-refractivity contribution in [3.63, 3.8) is 0 Å². The topological polar surface area (TPSA) is 43.1 Å². The van der Waals surface area contributed by atoms with Gasteiger partial charge in [0.05, 0.1) is 0 Å². The zero-order valence-electron chi connectivity index (χ0n) is 7.02. The molecule has 62 valence electrons. The minimum Gasteiger partial charge on any atom is -0.402 e. The second-order valence-corrected chi connectivity index (χ2v) is 2.99. The second-order valence-electron chi connectivity index (χ2n) is 2.99. The smallest absolute Gasteiger partial charge is 0.160 e. The highest BCUT2D eigenvalue weighted by Gasteiger charge is 2.14. The molecule has 1 aliphatic carbocycles. The molecule has 0 saturated carbocycles. The molecule has 0 spiro atoms. The van der Waals surface area contributed by atoms with Crippen LogP contribution < -0.4 is 5.73 Å². The molecule has 0 amide bonds. The van der Waals surface area contributed by atoms with E-state index in [9.17, 15) is 4.79 Å². The van der Waals surface area contributed by atoms with Gasteiger partial charge in [-0.2, -0.15) is 0 Å². The van der Waals surface area contributed by atoms with Crippen LogP contribution in [-0.2, 0) is 4.79 Å². The Morgan fingerprint density at radius 3 is 2.64 bits per heavy atom. The predicted octanol–water partition coefficient (Wildman–Crippen LogP) is 1.75. The molecule has 0 radical (unpaired) electrons. The lowest BCUT2D eigenvalue weighted by Crippen LogP contribution is -2.14. The molecule has 0 unspecified atom stereocenters. The third kappa shape index (κ3) is 1.82. The van der Waals surface area contributed by atoms with Crippen LogP contribution in [0.15, 0.2) is 11.3 Å². The fourth-order valence-corrected chi connectivity index (χ4v) is 1.46. The van der Waals surface area contributed by atoms with Crippen LogP contribution >= 0.6 is 0 Å². The number of ketones is 1. The van der Waals surface area contributed by atoms with Crippen molar-refractivity contribution in [3.05, 3.63) is 11.3 Å². The van der Waals surface area contributed by atoms with Crippen LogP contribution in [-0.4, -0.2) is 5.78 Å². The molecule has 1 aliphatic rings. The lowest BCUT2D eigenvalue weighted by atomic mass is 9.93. The molecule has 0 bridgehead atoms. The highest BCUT2D eigenvalue weighted by Crippen LogP contribution is 2.22. The van der Waals surface area contributed by atoms with Crippen LogP contribution in [0.4, 0.5) is 0 Å². The van der Waals surface area contributed by atoms with Gasteiger partial charge in [-0.15, -0.1) is 0 Å². The van der Waals surface area contributed by atoms with Crippen molar-refractivity contribution >= 4 is 5.78 Å². The number of hydrogen-bond donors (Lipinski definition) is 1. The van der Waals surface area contributed by atoms with Gasteiger partial charge in [0.25, 0.3) is 0 Å². The van der Waals surface area contributed by atoms with E-state index in [1.54, 1.807) is 0 Å². The number of Topliss-reactive ketones (excluding diaryl/α,β-unsaturated/α-hetero) is 1. The molecule has 2 N–H and O–H groups in total. The maximum Gasteiger partial charge on any atom is 0.160 e. The van der Waals surface area contributed by atoms with E-state index in [4.69, 9.17) is 5.73 Å². The summed E-state index contributed by atoms with van der Waals surface area (Å²) in [7, 11) is 0. The number of rotatable bonds is 2. The molecule has 11 heavy (non-hydrogen) atoms. The molecule has 0 atom stereocenters. The molecular weight excluding hydrogens is 138 g/mol. The monoisotopic (exact) mass is 153 g/mol. The molecular formula is C9H15NO. The first kappa shape index (κ1) is 8.31. The standard InChI is InChI=1S/C9H15NO/c1-2-9(11)7-5-3-4-6-8(7)10/h2-6,10H2,1H3. The summed E-state index contributed by atoms with van der Waals surface area (Å²) in [5.74, 6) is 0.238. The zero-order valence-corrected chi connectivity index (χ0v) is 7.02. The third-order valence-corrected chi connectivity index (χ3v) is 2.17. The fourth-order valence-electron chi connectivity index (χ4n) is 1.46. The Morgan fingerprint density at radius 1 is 1.45 bits per heavy atom. The lowest BCUT2D eigenvalue weighted by molar-refractivity contribution is -0.115. The fraction of sp³-hybridized carbons (Fsp3) is 0.667. The average molecular weight is 153 g/mol. The maximum atomic E-state index is 11.2. The van der Waals surface area contributed by atoms with E-state index in [2.05, 4.69) is 0 Å². The van der Waals surface area contributed by atoms with E-state index in [0.717, 1.165) is 37.0 Å². The summed E-state index contributed by atoms with van der Waals surface area (Å²) in [6, 6.07) is 0. The van der Waals surface area contributed by atoms with Crippen LogP contribution in [0.5, 0.6) is 0 Å². The van der Waals surface area contributed by atoms with E-state index in [1.165, 1.54) is 0 Å². The average Bonchev–Trinajstić information content (AvgIpc) is 2.04. The van der Waals surface area contributed by atoms with Crippen molar-refractivity contribution in [2.24, 2.45) is 5.73 Å². The van der Waals surface area contributed by atoms with E-state index in [1.807, 2.05) is 6.92 Å². The lowest BCUT2D eigenvalue weighted by Gasteiger charge is -2.15. The molecule has 2 nitrogen and oxygen atoms in total. The summed E-state index contributed by atoms with van der Waals surface area (Å²) in [4.78, 5) is 11.2. The predicted molar refractivity (Wildman–Crippen MR) is 45.0 cm³/mol. The second kappa shape index (κ2) is 3.56. The van der Waals surface area contributed by atoms with E-state index in [-0.39, 0.29) is 5.78 Å². The Morgan fingerprint density at radius 2 is 2.09 bits per heavy atom. The largest absolute Gasteiger partial charge is 0.402 e. The van der Waals surface area contributed by atoms with E-state index >= 15 is 0 Å². The van der Waals surface area contributed by atoms with Gasteiger partial charge in [-0.05, 0) is 25.7 Å². The van der Waals surface area contributed by atoms with Crippen LogP contribution in [0, 0.1) is 0 Å². The Bertz CT molecular complexity index is 194. The molecule has 1 rings (SSSR count). The molecule has 0 aromatic rings. The molecule has 0 aromatic carbocycles. The van der Waals surface area contributed by atoms with Crippen LogP contribution in [0.3, 0.4) is 0 Å². The number of carbonyl (C=O) groups is 1. The quantitative estimate of drug-likeness (QED) is 0.656. The van der Waals surface area contributed by atoms with E-state index < -0.39 is 0 Å². The van der Waals surface area contributed by atoms with Crippen molar-refractivity contribution in [1.29, 1.82) is 0 Å². The first-order valence-corrected chi connectivity index (χ1v) is 4.26. The van der Waals surface area contributed by atoms with Gasteiger partial charge >= 0.3 is 0 Å². The first-order valence-electron chi connectivity index (χ1n) is 4.26. The molecule has 0 heterocycles. The van der Waals surface area contributed by atoms with Gasteiger partial charge in [0.2, 0.25) is 0 Å². The summed E-state index contributed by atoms with van der Waals surface area (Å²) in [5.41, 5.74) is 7.45. The molecule has 0 aromatic heterocycles. The summed E-state index contributed by atoms with van der Waals surface area (Å²) in [6.45, 7) is 1.89. The van der Waals surface area contributed by atoms with Crippen molar-refractivity contribution in [3.8, 4) is 0 Å². The van der Waals surface area contributed by atoms with Gasteiger partial charge in [0.1, 0.15) is 0 Å². The van der Waals surface area contributed by atoms with Crippen molar-refractivity contribution in [1.82, 2.24) is 0 Å². The highest BCUT2D eigenvalue weighted by atomic mass is 16.1. The van der Waals surface area contributed by atoms with Gasteiger partial charge in [-0.3, -0.25) is 4.79 Å². The minimum atomic E-state index is 0.238. The number of allylic oxidation sites excluding steroid dienone is 2. The first-order chi connectivity index (χ1) is 5.25. The SMILES string of the molecule is CCC(=O)C1=C(N)CCCC1. The van der Waals surface area contributed by atoms with Gasteiger partial charge in [-0.1, -0.05) is 6.92 Å². The van der Waals surface area contributed by atoms with E-state index in [0.29, 0.717) is 6.42 Å². The maximum absolute atomic E-state index is 11.2. The zero-order chi connectivity index (χ0) is 8.27. The summed E-state index contributed by atoms with van der Waals surface area (Å²) < 4.78 is 0. The minimum absolute atomic E-state index is 0.238. The molecule has 2 heteroatoms. The van der Waals surface area contributed by atoms with Gasteiger partial charge in [0, 0.05) is 17.7 Å².